The zero-order valence-electron chi connectivity index (χ0n) is 15.2. The van der Waals surface area contributed by atoms with Gasteiger partial charge < -0.3 is 16.4 Å². The SMILES string of the molecule is NC(=O)CCNC(=O)c1ccccc1NC(=O)c1cc(-c2ccc(Br)cc2)n[nH]1. The molecule has 0 radical (unpaired) electrons. The molecule has 0 fully saturated rings. The van der Waals surface area contributed by atoms with Crippen LogP contribution >= 0.6 is 15.9 Å². The van der Waals surface area contributed by atoms with Crippen molar-refractivity contribution in [3.63, 3.8) is 0 Å². The molecule has 9 heteroatoms. The Labute approximate surface area is 175 Å². The zero-order valence-corrected chi connectivity index (χ0v) is 16.8. The van der Waals surface area contributed by atoms with E-state index in [0.717, 1.165) is 10.0 Å². The smallest absolute Gasteiger partial charge is 0.273 e. The highest BCUT2D eigenvalue weighted by Gasteiger charge is 2.16. The van der Waals surface area contributed by atoms with Gasteiger partial charge in [-0.1, -0.05) is 40.2 Å². The monoisotopic (exact) mass is 455 g/mol. The fraction of sp³-hybridized carbons (Fsp3) is 0.100. The maximum absolute atomic E-state index is 12.6. The van der Waals surface area contributed by atoms with Crippen molar-refractivity contribution in [2.24, 2.45) is 5.73 Å². The number of anilines is 1. The minimum Gasteiger partial charge on any atom is -0.370 e. The third-order valence-corrected chi connectivity index (χ3v) is 4.57. The molecular formula is C20H18BrN5O3. The van der Waals surface area contributed by atoms with Crippen molar-refractivity contribution in [3.05, 3.63) is 70.3 Å². The number of para-hydroxylation sites is 1. The largest absolute Gasteiger partial charge is 0.370 e. The minimum absolute atomic E-state index is 0.0350. The van der Waals surface area contributed by atoms with Gasteiger partial charge >= 0.3 is 0 Å². The summed E-state index contributed by atoms with van der Waals surface area (Å²) in [5, 5.41) is 12.2. The molecule has 3 aromatic rings. The molecule has 0 aliphatic rings. The van der Waals surface area contributed by atoms with Crippen LogP contribution in [0.5, 0.6) is 0 Å². The molecule has 29 heavy (non-hydrogen) atoms. The van der Waals surface area contributed by atoms with Crippen LogP contribution in [0.2, 0.25) is 0 Å². The van der Waals surface area contributed by atoms with E-state index in [2.05, 4.69) is 36.8 Å². The predicted molar refractivity (Wildman–Crippen MR) is 112 cm³/mol. The summed E-state index contributed by atoms with van der Waals surface area (Å²) < 4.78 is 0.945. The highest BCUT2D eigenvalue weighted by atomic mass is 79.9. The number of primary amides is 1. The van der Waals surface area contributed by atoms with Crippen LogP contribution in [0.1, 0.15) is 27.3 Å². The van der Waals surface area contributed by atoms with Crippen molar-refractivity contribution in [1.82, 2.24) is 15.5 Å². The summed E-state index contributed by atoms with van der Waals surface area (Å²) in [5.74, 6) is -1.35. The third kappa shape index (κ3) is 5.29. The Balaban J connectivity index is 1.72. The van der Waals surface area contributed by atoms with Gasteiger partial charge in [-0.05, 0) is 30.3 Å². The number of carbonyl (C=O) groups excluding carboxylic acids is 3. The highest BCUT2D eigenvalue weighted by molar-refractivity contribution is 9.10. The number of halogens is 1. The number of aromatic amines is 1. The number of H-pyrrole nitrogens is 1. The first-order valence-corrected chi connectivity index (χ1v) is 9.51. The molecule has 1 aromatic heterocycles. The Morgan fingerprint density at radius 2 is 1.76 bits per heavy atom. The summed E-state index contributed by atoms with van der Waals surface area (Å²) >= 11 is 3.38. The first-order chi connectivity index (χ1) is 13.9. The molecule has 0 spiro atoms. The quantitative estimate of drug-likeness (QED) is 0.436. The second kappa shape index (κ2) is 9.16. The van der Waals surface area contributed by atoms with Crippen molar-refractivity contribution < 1.29 is 14.4 Å². The molecule has 8 nitrogen and oxygen atoms in total. The lowest BCUT2D eigenvalue weighted by Crippen LogP contribution is -2.28. The lowest BCUT2D eigenvalue weighted by atomic mass is 10.1. The number of amides is 3. The first-order valence-electron chi connectivity index (χ1n) is 8.72. The van der Waals surface area contributed by atoms with Crippen molar-refractivity contribution in [1.29, 1.82) is 0 Å². The van der Waals surface area contributed by atoms with Gasteiger partial charge in [-0.15, -0.1) is 0 Å². The van der Waals surface area contributed by atoms with Crippen molar-refractivity contribution >= 4 is 39.3 Å². The van der Waals surface area contributed by atoms with Gasteiger partial charge in [0, 0.05) is 23.0 Å². The van der Waals surface area contributed by atoms with Crippen LogP contribution in [-0.4, -0.2) is 34.5 Å². The van der Waals surface area contributed by atoms with E-state index >= 15 is 0 Å². The lowest BCUT2D eigenvalue weighted by Gasteiger charge is -2.10. The first kappa shape index (κ1) is 20.3. The molecule has 148 valence electrons. The number of nitrogens with one attached hydrogen (secondary N) is 3. The van der Waals surface area contributed by atoms with Crippen molar-refractivity contribution in [3.8, 4) is 11.3 Å². The number of rotatable bonds is 7. The van der Waals surface area contributed by atoms with Gasteiger partial charge in [0.05, 0.1) is 16.9 Å². The topological polar surface area (TPSA) is 130 Å². The molecule has 0 saturated heterocycles. The van der Waals surface area contributed by atoms with Crippen LogP contribution in [0.25, 0.3) is 11.3 Å². The summed E-state index contributed by atoms with van der Waals surface area (Å²) in [6.07, 6.45) is 0.0350. The van der Waals surface area contributed by atoms with Gasteiger partial charge in [0.25, 0.3) is 11.8 Å². The van der Waals surface area contributed by atoms with E-state index in [1.54, 1.807) is 30.3 Å². The molecule has 0 bridgehead atoms. The number of benzene rings is 2. The normalized spacial score (nSPS) is 10.4. The molecule has 1 heterocycles. The number of carbonyl (C=O) groups is 3. The zero-order chi connectivity index (χ0) is 20.8. The van der Waals surface area contributed by atoms with Gasteiger partial charge in [-0.3, -0.25) is 19.5 Å². The standard InChI is InChI=1S/C20H18BrN5O3/c21-13-7-5-12(6-8-13)16-11-17(26-25-16)20(29)24-15-4-2-1-3-14(15)19(28)23-10-9-18(22)27/h1-8,11H,9-10H2,(H2,22,27)(H,23,28)(H,24,29)(H,25,26). The Hall–Kier alpha value is -3.46. The van der Waals surface area contributed by atoms with Gasteiger partial charge in [-0.25, -0.2) is 0 Å². The van der Waals surface area contributed by atoms with Crippen LogP contribution in [0.3, 0.4) is 0 Å². The third-order valence-electron chi connectivity index (χ3n) is 4.04. The summed E-state index contributed by atoms with van der Waals surface area (Å²) in [6.45, 7) is 0.119. The van der Waals surface area contributed by atoms with Crippen molar-refractivity contribution in [2.45, 2.75) is 6.42 Å². The van der Waals surface area contributed by atoms with E-state index in [9.17, 15) is 14.4 Å². The number of nitrogens with two attached hydrogens (primary N) is 1. The van der Waals surface area contributed by atoms with E-state index in [0.29, 0.717) is 11.4 Å². The summed E-state index contributed by atoms with van der Waals surface area (Å²) in [5.41, 5.74) is 7.43. The van der Waals surface area contributed by atoms with Gasteiger partial charge in [0.15, 0.2) is 0 Å². The van der Waals surface area contributed by atoms with E-state index in [1.165, 1.54) is 0 Å². The Kier molecular flexibility index (Phi) is 6.40. The number of nitrogens with zero attached hydrogens (tertiary/aromatic N) is 1. The fourth-order valence-electron chi connectivity index (χ4n) is 2.58. The average molecular weight is 456 g/mol. The van der Waals surface area contributed by atoms with E-state index in [-0.39, 0.29) is 24.2 Å². The maximum atomic E-state index is 12.6. The van der Waals surface area contributed by atoms with Crippen LogP contribution < -0.4 is 16.4 Å². The van der Waals surface area contributed by atoms with Crippen LogP contribution in [-0.2, 0) is 4.79 Å². The van der Waals surface area contributed by atoms with E-state index in [4.69, 9.17) is 5.73 Å². The Morgan fingerprint density at radius 1 is 1.03 bits per heavy atom. The van der Waals surface area contributed by atoms with Gasteiger partial charge in [0.1, 0.15) is 5.69 Å². The second-order valence-corrected chi connectivity index (χ2v) is 7.06. The summed E-state index contributed by atoms with van der Waals surface area (Å²) in [6, 6.07) is 15.8. The molecule has 0 atom stereocenters. The van der Waals surface area contributed by atoms with Crippen LogP contribution in [0, 0.1) is 0 Å². The molecule has 0 aliphatic heterocycles. The van der Waals surface area contributed by atoms with Gasteiger partial charge in [0.2, 0.25) is 5.91 Å². The van der Waals surface area contributed by atoms with Crippen molar-refractivity contribution in [2.75, 3.05) is 11.9 Å². The van der Waals surface area contributed by atoms with E-state index in [1.807, 2.05) is 24.3 Å². The van der Waals surface area contributed by atoms with Crippen LogP contribution in [0.4, 0.5) is 5.69 Å². The minimum atomic E-state index is -0.507. The lowest BCUT2D eigenvalue weighted by molar-refractivity contribution is -0.117. The Bertz CT molecular complexity index is 1050. The molecule has 0 aliphatic carbocycles. The molecule has 0 unspecified atom stereocenters. The summed E-state index contributed by atoms with van der Waals surface area (Å²) in [7, 11) is 0. The molecule has 3 rings (SSSR count). The summed E-state index contributed by atoms with van der Waals surface area (Å²) in [4.78, 5) is 35.8. The van der Waals surface area contributed by atoms with Gasteiger partial charge in [-0.2, -0.15) is 5.10 Å². The predicted octanol–water partition coefficient (Wildman–Crippen LogP) is 2.70. The molecule has 0 saturated carbocycles. The molecule has 3 amide bonds. The van der Waals surface area contributed by atoms with Crippen LogP contribution in [0.15, 0.2) is 59.1 Å². The maximum Gasteiger partial charge on any atom is 0.273 e. The molecule has 5 N–H and O–H groups in total. The highest BCUT2D eigenvalue weighted by Crippen LogP contribution is 2.21. The second-order valence-electron chi connectivity index (χ2n) is 6.15. The average Bonchev–Trinajstić information content (AvgIpc) is 3.19. The Morgan fingerprint density at radius 3 is 2.48 bits per heavy atom. The van der Waals surface area contributed by atoms with E-state index < -0.39 is 17.7 Å². The number of hydrogen-bond donors (Lipinski definition) is 4. The number of hydrogen-bond acceptors (Lipinski definition) is 4. The molecule has 2 aromatic carbocycles. The molecular weight excluding hydrogens is 438 g/mol. The fourth-order valence-corrected chi connectivity index (χ4v) is 2.85. The number of aromatic nitrogens is 2.